The van der Waals surface area contributed by atoms with E-state index in [4.69, 9.17) is 4.74 Å². The van der Waals surface area contributed by atoms with Crippen LogP contribution in [0.4, 0.5) is 5.13 Å². The van der Waals surface area contributed by atoms with E-state index in [2.05, 4.69) is 4.98 Å². The molecule has 158 valence electrons. The summed E-state index contributed by atoms with van der Waals surface area (Å²) in [6, 6.07) is 10.7. The normalized spacial score (nSPS) is 17.9. The van der Waals surface area contributed by atoms with Crippen LogP contribution in [-0.4, -0.2) is 33.5 Å². The highest BCUT2D eigenvalue weighted by Crippen LogP contribution is 2.44. The third-order valence-corrected chi connectivity index (χ3v) is 5.76. The molecule has 8 heteroatoms. The van der Waals surface area contributed by atoms with Gasteiger partial charge < -0.3 is 14.9 Å². The summed E-state index contributed by atoms with van der Waals surface area (Å²) in [4.78, 5) is 31.5. The van der Waals surface area contributed by atoms with Crippen molar-refractivity contribution in [2.75, 3.05) is 11.5 Å². The minimum atomic E-state index is -0.924. The van der Waals surface area contributed by atoms with Crippen LogP contribution >= 0.6 is 11.3 Å². The summed E-state index contributed by atoms with van der Waals surface area (Å²) in [7, 11) is 0. The number of nitrogens with zero attached hydrogens (tertiary/aromatic N) is 2. The van der Waals surface area contributed by atoms with E-state index in [9.17, 15) is 19.8 Å². The van der Waals surface area contributed by atoms with E-state index in [0.717, 1.165) is 5.56 Å². The molecule has 1 saturated heterocycles. The van der Waals surface area contributed by atoms with Crippen LogP contribution in [0.1, 0.15) is 29.7 Å². The first-order chi connectivity index (χ1) is 14.9. The van der Waals surface area contributed by atoms with Crippen molar-refractivity contribution < 1.29 is 24.5 Å². The number of carbonyl (C=O) groups is 2. The number of thiazole rings is 1. The van der Waals surface area contributed by atoms with Crippen molar-refractivity contribution in [2.45, 2.75) is 19.9 Å². The molecule has 1 fully saturated rings. The molecule has 1 amide bonds. The van der Waals surface area contributed by atoms with Crippen LogP contribution < -0.4 is 9.64 Å². The lowest BCUT2D eigenvalue weighted by molar-refractivity contribution is -0.132. The number of hydrogen-bond acceptors (Lipinski definition) is 7. The molecule has 1 aliphatic rings. The highest BCUT2D eigenvalue weighted by molar-refractivity contribution is 7.14. The molecular formula is C23H20N2O5S. The SMILES string of the molecule is CCOc1cc(C2C(=C(O)c3ccc(C)cc3)C(=O)C(=O)N2c2nccs2)ccc1O. The number of anilines is 1. The zero-order valence-electron chi connectivity index (χ0n) is 16.9. The predicted molar refractivity (Wildman–Crippen MR) is 117 cm³/mol. The lowest BCUT2D eigenvalue weighted by atomic mass is 9.95. The van der Waals surface area contributed by atoms with Crippen molar-refractivity contribution in [3.05, 3.63) is 76.3 Å². The van der Waals surface area contributed by atoms with Gasteiger partial charge in [-0.3, -0.25) is 14.5 Å². The standard InChI is InChI=1S/C23H20N2O5S/c1-3-30-17-12-15(8-9-16(17)26)19-18(20(27)14-6-4-13(2)5-7-14)21(28)22(29)25(19)23-24-10-11-31-23/h4-12,19,26-27H,3H2,1-2H3. The van der Waals surface area contributed by atoms with Crippen LogP contribution in [0.3, 0.4) is 0 Å². The number of benzene rings is 2. The van der Waals surface area contributed by atoms with Gasteiger partial charge in [-0.25, -0.2) is 4.98 Å². The molecule has 1 unspecified atom stereocenters. The molecule has 2 N–H and O–H groups in total. The van der Waals surface area contributed by atoms with Crippen LogP contribution in [-0.2, 0) is 9.59 Å². The summed E-state index contributed by atoms with van der Waals surface area (Å²) >= 11 is 1.21. The van der Waals surface area contributed by atoms with Gasteiger partial charge in [0.1, 0.15) is 5.76 Å². The number of ketones is 1. The second-order valence-corrected chi connectivity index (χ2v) is 7.88. The van der Waals surface area contributed by atoms with Crippen molar-refractivity contribution in [1.82, 2.24) is 4.98 Å². The molecule has 7 nitrogen and oxygen atoms in total. The van der Waals surface area contributed by atoms with Gasteiger partial charge in [0.05, 0.1) is 18.2 Å². The van der Waals surface area contributed by atoms with E-state index in [0.29, 0.717) is 22.9 Å². The number of Topliss-reactive ketones (excluding diaryl/α,β-unsaturated/α-hetero) is 1. The Hall–Kier alpha value is -3.65. The Kier molecular flexibility index (Phi) is 5.48. The largest absolute Gasteiger partial charge is 0.507 e. The number of rotatable bonds is 5. The molecule has 2 aromatic carbocycles. The minimum absolute atomic E-state index is 0.0443. The number of aliphatic hydroxyl groups excluding tert-OH is 1. The number of phenolic OH excluding ortho intramolecular Hbond substituents is 1. The lowest BCUT2D eigenvalue weighted by Crippen LogP contribution is -2.29. The molecule has 0 spiro atoms. The topological polar surface area (TPSA) is 100.0 Å². The molecule has 0 radical (unpaired) electrons. The molecule has 1 aliphatic heterocycles. The highest BCUT2D eigenvalue weighted by Gasteiger charge is 2.48. The Morgan fingerprint density at radius 1 is 1.19 bits per heavy atom. The minimum Gasteiger partial charge on any atom is -0.507 e. The van der Waals surface area contributed by atoms with Crippen molar-refractivity contribution in [1.29, 1.82) is 0 Å². The molecule has 0 bridgehead atoms. The molecule has 3 aromatic rings. The first kappa shape index (κ1) is 20.6. The number of hydrogen-bond donors (Lipinski definition) is 2. The average molecular weight is 436 g/mol. The third kappa shape index (κ3) is 3.66. The number of carbonyl (C=O) groups excluding carboxylic acids is 2. The van der Waals surface area contributed by atoms with E-state index in [1.54, 1.807) is 42.8 Å². The average Bonchev–Trinajstić information content (AvgIpc) is 3.37. The molecule has 31 heavy (non-hydrogen) atoms. The van der Waals surface area contributed by atoms with Crippen molar-refractivity contribution in [3.63, 3.8) is 0 Å². The van der Waals surface area contributed by atoms with E-state index in [1.165, 1.54) is 22.3 Å². The van der Waals surface area contributed by atoms with Gasteiger partial charge in [-0.15, -0.1) is 11.3 Å². The summed E-state index contributed by atoms with van der Waals surface area (Å²) in [6.45, 7) is 4.02. The van der Waals surface area contributed by atoms with Gasteiger partial charge in [-0.05, 0) is 31.5 Å². The maximum absolute atomic E-state index is 13.0. The summed E-state index contributed by atoms with van der Waals surface area (Å²) < 4.78 is 5.48. The molecule has 4 rings (SSSR count). The summed E-state index contributed by atoms with van der Waals surface area (Å²) in [5.74, 6) is -1.69. The van der Waals surface area contributed by atoms with E-state index in [-0.39, 0.29) is 22.8 Å². The Labute approximate surface area is 182 Å². The van der Waals surface area contributed by atoms with Crippen LogP contribution in [0.15, 0.2) is 59.6 Å². The van der Waals surface area contributed by atoms with Gasteiger partial charge in [-0.1, -0.05) is 35.9 Å². The Morgan fingerprint density at radius 3 is 2.58 bits per heavy atom. The smallest absolute Gasteiger partial charge is 0.301 e. The van der Waals surface area contributed by atoms with Gasteiger partial charge in [0.2, 0.25) is 0 Å². The number of ether oxygens (including phenoxy) is 1. The first-order valence-electron chi connectivity index (χ1n) is 9.65. The third-order valence-electron chi connectivity index (χ3n) is 4.99. The molecular weight excluding hydrogens is 416 g/mol. The van der Waals surface area contributed by atoms with Crippen LogP contribution in [0.5, 0.6) is 11.5 Å². The van der Waals surface area contributed by atoms with Crippen molar-refractivity contribution >= 4 is 33.9 Å². The predicted octanol–water partition coefficient (Wildman–Crippen LogP) is 4.18. The molecule has 2 heterocycles. The Bertz CT molecular complexity index is 1170. The molecule has 1 atom stereocenters. The number of phenols is 1. The fourth-order valence-corrected chi connectivity index (χ4v) is 4.19. The second kappa shape index (κ2) is 8.23. The number of aromatic hydroxyl groups is 1. The van der Waals surface area contributed by atoms with Gasteiger partial charge in [0.25, 0.3) is 5.78 Å². The van der Waals surface area contributed by atoms with Gasteiger partial charge >= 0.3 is 5.91 Å². The van der Waals surface area contributed by atoms with Gasteiger partial charge in [-0.2, -0.15) is 0 Å². The van der Waals surface area contributed by atoms with Crippen molar-refractivity contribution in [3.8, 4) is 11.5 Å². The van der Waals surface area contributed by atoms with Crippen LogP contribution in [0, 0.1) is 6.92 Å². The molecule has 1 aromatic heterocycles. The Morgan fingerprint density at radius 2 is 1.94 bits per heavy atom. The highest BCUT2D eigenvalue weighted by atomic mass is 32.1. The zero-order chi connectivity index (χ0) is 22.1. The van der Waals surface area contributed by atoms with Crippen LogP contribution in [0.2, 0.25) is 0 Å². The van der Waals surface area contributed by atoms with Gasteiger partial charge in [0.15, 0.2) is 16.6 Å². The van der Waals surface area contributed by atoms with E-state index >= 15 is 0 Å². The van der Waals surface area contributed by atoms with E-state index < -0.39 is 17.7 Å². The monoisotopic (exact) mass is 436 g/mol. The quantitative estimate of drug-likeness (QED) is 0.354. The number of aromatic nitrogens is 1. The second-order valence-electron chi connectivity index (χ2n) is 7.01. The maximum Gasteiger partial charge on any atom is 0.301 e. The summed E-state index contributed by atoms with van der Waals surface area (Å²) in [5.41, 5.74) is 1.88. The molecule has 0 saturated carbocycles. The maximum atomic E-state index is 13.0. The molecule has 0 aliphatic carbocycles. The first-order valence-corrected chi connectivity index (χ1v) is 10.5. The Balaban J connectivity index is 1.94. The van der Waals surface area contributed by atoms with Crippen LogP contribution in [0.25, 0.3) is 5.76 Å². The number of aryl methyl sites for hydroxylation is 1. The summed E-state index contributed by atoms with van der Waals surface area (Å²) in [6.07, 6.45) is 1.54. The number of aliphatic hydroxyl groups is 1. The fourth-order valence-electron chi connectivity index (χ4n) is 3.52. The zero-order valence-corrected chi connectivity index (χ0v) is 17.7. The summed E-state index contributed by atoms with van der Waals surface area (Å²) in [5, 5.41) is 23.2. The lowest BCUT2D eigenvalue weighted by Gasteiger charge is -2.23. The number of amides is 1. The van der Waals surface area contributed by atoms with E-state index in [1.807, 2.05) is 19.1 Å². The van der Waals surface area contributed by atoms with Crippen molar-refractivity contribution in [2.24, 2.45) is 0 Å². The van der Waals surface area contributed by atoms with Gasteiger partial charge in [0, 0.05) is 17.1 Å². The fraction of sp³-hybridized carbons (Fsp3) is 0.174.